The highest BCUT2D eigenvalue weighted by molar-refractivity contribution is 4.98. The molecule has 0 N–H and O–H groups in total. The maximum atomic E-state index is 5.51. The molecule has 2 heterocycles. The molecule has 2 aliphatic heterocycles. The normalized spacial score (nSPS) is 42.0. The Kier molecular flexibility index (Phi) is 2.10. The van der Waals surface area contributed by atoms with Crippen LogP contribution in [0.15, 0.2) is 0 Å². The number of hydrogen-bond acceptors (Lipinski definition) is 3. The van der Waals surface area contributed by atoms with Crippen molar-refractivity contribution < 1.29 is 9.47 Å². The highest BCUT2D eigenvalue weighted by Gasteiger charge is 2.49. The van der Waals surface area contributed by atoms with E-state index in [2.05, 4.69) is 11.9 Å². The highest BCUT2D eigenvalue weighted by Crippen LogP contribution is 2.40. The van der Waals surface area contributed by atoms with Gasteiger partial charge in [-0.25, -0.2) is 0 Å². The Hall–Kier alpha value is -0.120. The van der Waals surface area contributed by atoms with Gasteiger partial charge in [-0.05, 0) is 7.05 Å². The third-order valence-corrected chi connectivity index (χ3v) is 3.12. The van der Waals surface area contributed by atoms with Gasteiger partial charge in [0, 0.05) is 31.5 Å². The Morgan fingerprint density at radius 1 is 1.67 bits per heavy atom. The summed E-state index contributed by atoms with van der Waals surface area (Å²) < 4.78 is 10.8. The number of hydrogen-bond donors (Lipinski definition) is 0. The van der Waals surface area contributed by atoms with Crippen molar-refractivity contribution in [1.29, 1.82) is 0 Å². The monoisotopic (exact) mass is 171 g/mol. The summed E-state index contributed by atoms with van der Waals surface area (Å²) in [5, 5.41) is 0. The standard InChI is InChI=1S/C9H17NO2/c1-10-3-8-4-12-7-9(8,5-10)6-11-2/h8H,3-7H2,1-2H3. The number of fused-ring (bicyclic) bond motifs is 1. The van der Waals surface area contributed by atoms with E-state index in [1.807, 2.05) is 0 Å². The van der Waals surface area contributed by atoms with E-state index < -0.39 is 0 Å². The lowest BCUT2D eigenvalue weighted by Crippen LogP contribution is -2.34. The Morgan fingerprint density at radius 2 is 2.50 bits per heavy atom. The third kappa shape index (κ3) is 1.16. The Morgan fingerprint density at radius 3 is 3.25 bits per heavy atom. The van der Waals surface area contributed by atoms with Gasteiger partial charge in [-0.3, -0.25) is 0 Å². The van der Waals surface area contributed by atoms with E-state index in [4.69, 9.17) is 9.47 Å². The lowest BCUT2D eigenvalue weighted by molar-refractivity contribution is 0.0565. The van der Waals surface area contributed by atoms with Crippen molar-refractivity contribution in [2.45, 2.75) is 0 Å². The van der Waals surface area contributed by atoms with Crippen LogP contribution in [0.1, 0.15) is 0 Å². The largest absolute Gasteiger partial charge is 0.384 e. The quantitative estimate of drug-likeness (QED) is 0.593. The predicted molar refractivity (Wildman–Crippen MR) is 46.1 cm³/mol. The smallest absolute Gasteiger partial charge is 0.0561 e. The fraction of sp³-hybridized carbons (Fsp3) is 1.00. The molecule has 2 fully saturated rings. The zero-order chi connectivity index (χ0) is 8.60. The lowest BCUT2D eigenvalue weighted by atomic mass is 9.82. The second-order valence-corrected chi connectivity index (χ2v) is 4.20. The van der Waals surface area contributed by atoms with Gasteiger partial charge in [-0.2, -0.15) is 0 Å². The molecule has 0 aromatic heterocycles. The summed E-state index contributed by atoms with van der Waals surface area (Å²) >= 11 is 0. The van der Waals surface area contributed by atoms with Crippen LogP contribution in [-0.4, -0.2) is 52.0 Å². The van der Waals surface area contributed by atoms with Crippen molar-refractivity contribution in [2.75, 3.05) is 47.1 Å². The van der Waals surface area contributed by atoms with Crippen molar-refractivity contribution in [1.82, 2.24) is 4.90 Å². The summed E-state index contributed by atoms with van der Waals surface area (Å²) in [6.45, 7) is 4.96. The van der Waals surface area contributed by atoms with Crippen LogP contribution in [0.2, 0.25) is 0 Å². The first-order valence-corrected chi connectivity index (χ1v) is 4.52. The second kappa shape index (κ2) is 2.98. The maximum Gasteiger partial charge on any atom is 0.0561 e. The minimum absolute atomic E-state index is 0.309. The molecule has 0 spiro atoms. The summed E-state index contributed by atoms with van der Waals surface area (Å²) in [7, 11) is 3.96. The fourth-order valence-corrected chi connectivity index (χ4v) is 2.59. The molecule has 3 nitrogen and oxygen atoms in total. The number of rotatable bonds is 2. The molecule has 0 bridgehead atoms. The fourth-order valence-electron chi connectivity index (χ4n) is 2.59. The van der Waals surface area contributed by atoms with Gasteiger partial charge in [-0.15, -0.1) is 0 Å². The van der Waals surface area contributed by atoms with Gasteiger partial charge in [0.25, 0.3) is 0 Å². The first-order chi connectivity index (χ1) is 5.77. The van der Waals surface area contributed by atoms with Crippen LogP contribution in [0.3, 0.4) is 0 Å². The van der Waals surface area contributed by atoms with E-state index in [0.29, 0.717) is 11.3 Å². The molecule has 0 saturated carbocycles. The van der Waals surface area contributed by atoms with Gasteiger partial charge < -0.3 is 14.4 Å². The van der Waals surface area contributed by atoms with Gasteiger partial charge in [0.05, 0.1) is 19.8 Å². The lowest BCUT2D eigenvalue weighted by Gasteiger charge is -2.25. The Balaban J connectivity index is 2.09. The molecule has 0 amide bonds. The van der Waals surface area contributed by atoms with E-state index in [1.54, 1.807) is 7.11 Å². The van der Waals surface area contributed by atoms with E-state index in [-0.39, 0.29) is 0 Å². The average Bonchev–Trinajstić information content (AvgIpc) is 2.44. The number of ether oxygens (including phenoxy) is 2. The molecule has 2 atom stereocenters. The van der Waals surface area contributed by atoms with Gasteiger partial charge >= 0.3 is 0 Å². The average molecular weight is 171 g/mol. The third-order valence-electron chi connectivity index (χ3n) is 3.12. The molecule has 0 radical (unpaired) electrons. The van der Waals surface area contributed by atoms with Crippen LogP contribution in [-0.2, 0) is 9.47 Å². The van der Waals surface area contributed by atoms with Crippen molar-refractivity contribution >= 4 is 0 Å². The van der Waals surface area contributed by atoms with E-state index >= 15 is 0 Å². The van der Waals surface area contributed by atoms with Gasteiger partial charge in [0.1, 0.15) is 0 Å². The van der Waals surface area contributed by atoms with E-state index in [0.717, 1.165) is 26.4 Å². The Labute approximate surface area is 73.6 Å². The highest BCUT2D eigenvalue weighted by atomic mass is 16.5. The zero-order valence-electron chi connectivity index (χ0n) is 7.88. The number of likely N-dealkylation sites (tertiary alicyclic amines) is 1. The topological polar surface area (TPSA) is 21.7 Å². The van der Waals surface area contributed by atoms with Gasteiger partial charge in [-0.1, -0.05) is 0 Å². The second-order valence-electron chi connectivity index (χ2n) is 4.20. The molecule has 2 aliphatic rings. The minimum Gasteiger partial charge on any atom is -0.384 e. The van der Waals surface area contributed by atoms with Crippen LogP contribution in [0.4, 0.5) is 0 Å². The zero-order valence-corrected chi connectivity index (χ0v) is 7.88. The summed E-state index contributed by atoms with van der Waals surface area (Å²) in [5.41, 5.74) is 0.309. The molecule has 2 saturated heterocycles. The number of methoxy groups -OCH3 is 1. The molecule has 0 aromatic rings. The number of nitrogens with zero attached hydrogens (tertiary/aromatic N) is 1. The Bertz CT molecular complexity index is 174. The van der Waals surface area contributed by atoms with Crippen LogP contribution in [0.5, 0.6) is 0 Å². The summed E-state index contributed by atoms with van der Waals surface area (Å²) in [6.07, 6.45) is 0. The van der Waals surface area contributed by atoms with Crippen molar-refractivity contribution in [3.8, 4) is 0 Å². The SMILES string of the molecule is COCC12COCC1CN(C)C2. The van der Waals surface area contributed by atoms with Crippen LogP contribution in [0.25, 0.3) is 0 Å². The van der Waals surface area contributed by atoms with Gasteiger partial charge in [0.2, 0.25) is 0 Å². The van der Waals surface area contributed by atoms with Crippen molar-refractivity contribution in [3.05, 3.63) is 0 Å². The van der Waals surface area contributed by atoms with E-state index in [1.165, 1.54) is 6.54 Å². The first kappa shape index (κ1) is 8.48. The first-order valence-electron chi connectivity index (χ1n) is 4.52. The molecule has 70 valence electrons. The predicted octanol–water partition coefficient (Wildman–Crippen LogP) is 0.211. The molecular formula is C9H17NO2. The van der Waals surface area contributed by atoms with Crippen molar-refractivity contribution in [2.24, 2.45) is 11.3 Å². The molecule has 0 aliphatic carbocycles. The van der Waals surface area contributed by atoms with E-state index in [9.17, 15) is 0 Å². The summed E-state index contributed by atoms with van der Waals surface area (Å²) in [5.74, 6) is 0.697. The molecule has 2 unspecified atom stereocenters. The summed E-state index contributed by atoms with van der Waals surface area (Å²) in [6, 6.07) is 0. The maximum absolute atomic E-state index is 5.51. The minimum atomic E-state index is 0.309. The van der Waals surface area contributed by atoms with Gasteiger partial charge in [0.15, 0.2) is 0 Å². The van der Waals surface area contributed by atoms with Crippen LogP contribution >= 0.6 is 0 Å². The molecule has 0 aromatic carbocycles. The molecule has 2 rings (SSSR count). The summed E-state index contributed by atoms with van der Waals surface area (Å²) in [4.78, 5) is 2.38. The molecular weight excluding hydrogens is 154 g/mol. The molecule has 3 heteroatoms. The van der Waals surface area contributed by atoms with Crippen molar-refractivity contribution in [3.63, 3.8) is 0 Å². The van der Waals surface area contributed by atoms with Crippen LogP contribution < -0.4 is 0 Å². The molecule has 12 heavy (non-hydrogen) atoms. The van der Waals surface area contributed by atoms with Crippen LogP contribution in [0, 0.1) is 11.3 Å².